The van der Waals surface area contributed by atoms with Crippen LogP contribution in [0.3, 0.4) is 0 Å². The molecule has 0 saturated heterocycles. The summed E-state index contributed by atoms with van der Waals surface area (Å²) in [5.74, 6) is 0.919. The lowest BCUT2D eigenvalue weighted by Gasteiger charge is -2.01. The molecule has 0 radical (unpaired) electrons. The molecular weight excluding hydrogens is 202 g/mol. The third-order valence-electron chi connectivity index (χ3n) is 2.67. The molecule has 0 spiro atoms. The van der Waals surface area contributed by atoms with E-state index in [2.05, 4.69) is 34.5 Å². The van der Waals surface area contributed by atoms with Crippen molar-refractivity contribution in [3.63, 3.8) is 0 Å². The molecule has 0 unspecified atom stereocenters. The Morgan fingerprint density at radius 2 is 2.31 bits per heavy atom. The van der Waals surface area contributed by atoms with Gasteiger partial charge in [0, 0.05) is 24.5 Å². The molecule has 2 heterocycles. The summed E-state index contributed by atoms with van der Waals surface area (Å²) in [6.07, 6.45) is 2.91. The predicted octanol–water partition coefficient (Wildman–Crippen LogP) is 1.63. The minimum atomic E-state index is 0.704. The Bertz CT molecular complexity index is 468. The standard InChI is InChI=1S/C11H17N5/c1-4-10-8(2)11(14-13-10)12-7-9-5-6-16(3)15-9/h5-6H,4,7H2,1-3H3,(H2,12,13,14). The number of rotatable bonds is 4. The van der Waals surface area contributed by atoms with Crippen molar-refractivity contribution in [2.45, 2.75) is 26.8 Å². The normalized spacial score (nSPS) is 10.7. The van der Waals surface area contributed by atoms with Gasteiger partial charge >= 0.3 is 0 Å². The summed E-state index contributed by atoms with van der Waals surface area (Å²) in [7, 11) is 1.92. The molecule has 16 heavy (non-hydrogen) atoms. The minimum absolute atomic E-state index is 0.704. The summed E-state index contributed by atoms with van der Waals surface area (Å²) in [5.41, 5.74) is 3.39. The van der Waals surface area contributed by atoms with E-state index >= 15 is 0 Å². The first-order chi connectivity index (χ1) is 7.70. The van der Waals surface area contributed by atoms with Crippen LogP contribution in [0.5, 0.6) is 0 Å². The Balaban J connectivity index is 2.02. The highest BCUT2D eigenvalue weighted by molar-refractivity contribution is 5.45. The Hall–Kier alpha value is -1.78. The van der Waals surface area contributed by atoms with Gasteiger partial charge < -0.3 is 5.32 Å². The fourth-order valence-electron chi connectivity index (χ4n) is 1.68. The van der Waals surface area contributed by atoms with Gasteiger partial charge in [-0.1, -0.05) is 6.92 Å². The number of aromatic amines is 1. The van der Waals surface area contributed by atoms with E-state index in [4.69, 9.17) is 0 Å². The van der Waals surface area contributed by atoms with Gasteiger partial charge in [-0.2, -0.15) is 10.2 Å². The van der Waals surface area contributed by atoms with E-state index in [1.54, 1.807) is 4.68 Å². The minimum Gasteiger partial charge on any atom is -0.363 e. The Labute approximate surface area is 94.9 Å². The summed E-state index contributed by atoms with van der Waals surface area (Å²) < 4.78 is 1.80. The molecule has 86 valence electrons. The predicted molar refractivity (Wildman–Crippen MR) is 63.2 cm³/mol. The number of nitrogens with zero attached hydrogens (tertiary/aromatic N) is 3. The summed E-state index contributed by atoms with van der Waals surface area (Å²) >= 11 is 0. The molecule has 0 aromatic carbocycles. The maximum absolute atomic E-state index is 4.30. The van der Waals surface area contributed by atoms with Gasteiger partial charge in [-0.25, -0.2) is 0 Å². The van der Waals surface area contributed by atoms with Crippen LogP contribution in [0.15, 0.2) is 12.3 Å². The van der Waals surface area contributed by atoms with Gasteiger partial charge in [0.25, 0.3) is 0 Å². The maximum atomic E-state index is 4.30. The first-order valence-electron chi connectivity index (χ1n) is 5.47. The van der Waals surface area contributed by atoms with Crippen LogP contribution in [0.2, 0.25) is 0 Å². The van der Waals surface area contributed by atoms with E-state index in [9.17, 15) is 0 Å². The maximum Gasteiger partial charge on any atom is 0.151 e. The van der Waals surface area contributed by atoms with Crippen LogP contribution in [-0.4, -0.2) is 20.0 Å². The van der Waals surface area contributed by atoms with Gasteiger partial charge in [-0.05, 0) is 19.4 Å². The quantitative estimate of drug-likeness (QED) is 0.821. The van der Waals surface area contributed by atoms with Crippen molar-refractivity contribution in [1.29, 1.82) is 0 Å². The monoisotopic (exact) mass is 219 g/mol. The van der Waals surface area contributed by atoms with Crippen LogP contribution in [0, 0.1) is 6.92 Å². The number of aryl methyl sites for hydroxylation is 2. The second-order valence-electron chi connectivity index (χ2n) is 3.86. The molecule has 2 aromatic rings. The topological polar surface area (TPSA) is 58.5 Å². The summed E-state index contributed by atoms with van der Waals surface area (Å²) in [6, 6.07) is 2.00. The van der Waals surface area contributed by atoms with Gasteiger partial charge in [0.05, 0.1) is 12.2 Å². The average Bonchev–Trinajstić information content (AvgIpc) is 2.83. The SMILES string of the molecule is CCc1[nH]nc(NCc2ccn(C)n2)c1C. The van der Waals surface area contributed by atoms with Crippen molar-refractivity contribution in [2.75, 3.05) is 5.32 Å². The van der Waals surface area contributed by atoms with Crippen LogP contribution in [0.25, 0.3) is 0 Å². The van der Waals surface area contributed by atoms with Crippen molar-refractivity contribution >= 4 is 5.82 Å². The Morgan fingerprint density at radius 1 is 1.50 bits per heavy atom. The number of hydrogen-bond donors (Lipinski definition) is 2. The van der Waals surface area contributed by atoms with E-state index in [0.29, 0.717) is 6.54 Å². The average molecular weight is 219 g/mol. The summed E-state index contributed by atoms with van der Waals surface area (Å²) in [5, 5.41) is 14.8. The third-order valence-corrected chi connectivity index (χ3v) is 2.67. The van der Waals surface area contributed by atoms with Gasteiger partial charge in [0.1, 0.15) is 0 Å². The molecule has 0 bridgehead atoms. The van der Waals surface area contributed by atoms with E-state index in [1.165, 1.54) is 11.3 Å². The smallest absolute Gasteiger partial charge is 0.151 e. The van der Waals surface area contributed by atoms with Crippen LogP contribution in [0.4, 0.5) is 5.82 Å². The molecule has 0 aliphatic carbocycles. The lowest BCUT2D eigenvalue weighted by atomic mass is 10.2. The number of anilines is 1. The van der Waals surface area contributed by atoms with Crippen LogP contribution >= 0.6 is 0 Å². The zero-order chi connectivity index (χ0) is 11.5. The van der Waals surface area contributed by atoms with E-state index in [1.807, 2.05) is 19.3 Å². The molecule has 2 rings (SSSR count). The second-order valence-corrected chi connectivity index (χ2v) is 3.86. The van der Waals surface area contributed by atoms with Crippen LogP contribution in [0.1, 0.15) is 23.9 Å². The molecule has 0 aliphatic heterocycles. The third kappa shape index (κ3) is 2.08. The molecule has 2 N–H and O–H groups in total. The van der Waals surface area contributed by atoms with E-state index < -0.39 is 0 Å². The highest BCUT2D eigenvalue weighted by Gasteiger charge is 2.07. The number of nitrogens with one attached hydrogen (secondary N) is 2. The molecule has 2 aromatic heterocycles. The van der Waals surface area contributed by atoms with Crippen molar-refractivity contribution in [2.24, 2.45) is 7.05 Å². The number of H-pyrrole nitrogens is 1. The Morgan fingerprint density at radius 3 is 2.88 bits per heavy atom. The summed E-state index contributed by atoms with van der Waals surface area (Å²) in [6.45, 7) is 4.89. The zero-order valence-corrected chi connectivity index (χ0v) is 9.91. The fourth-order valence-corrected chi connectivity index (χ4v) is 1.68. The summed E-state index contributed by atoms with van der Waals surface area (Å²) in [4.78, 5) is 0. The number of hydrogen-bond acceptors (Lipinski definition) is 3. The molecule has 0 fully saturated rings. The Kier molecular flexibility index (Phi) is 2.94. The van der Waals surface area contributed by atoms with E-state index in [-0.39, 0.29) is 0 Å². The van der Waals surface area contributed by atoms with Crippen molar-refractivity contribution < 1.29 is 0 Å². The van der Waals surface area contributed by atoms with Crippen LogP contribution < -0.4 is 5.32 Å². The van der Waals surface area contributed by atoms with E-state index in [0.717, 1.165) is 17.9 Å². The first kappa shape index (κ1) is 10.7. The van der Waals surface area contributed by atoms with Crippen molar-refractivity contribution in [3.8, 4) is 0 Å². The van der Waals surface area contributed by atoms with Gasteiger partial charge in [0.2, 0.25) is 0 Å². The highest BCUT2D eigenvalue weighted by Crippen LogP contribution is 2.15. The van der Waals surface area contributed by atoms with Crippen molar-refractivity contribution in [3.05, 3.63) is 29.2 Å². The lowest BCUT2D eigenvalue weighted by molar-refractivity contribution is 0.747. The molecule has 0 atom stereocenters. The van der Waals surface area contributed by atoms with Gasteiger partial charge in [0.15, 0.2) is 5.82 Å². The molecular formula is C11H17N5. The first-order valence-corrected chi connectivity index (χ1v) is 5.47. The number of aromatic nitrogens is 4. The second kappa shape index (κ2) is 4.38. The van der Waals surface area contributed by atoms with Gasteiger partial charge in [-0.15, -0.1) is 0 Å². The largest absolute Gasteiger partial charge is 0.363 e. The fraction of sp³-hybridized carbons (Fsp3) is 0.455. The van der Waals surface area contributed by atoms with Crippen molar-refractivity contribution in [1.82, 2.24) is 20.0 Å². The molecule has 0 saturated carbocycles. The molecule has 5 heteroatoms. The van der Waals surface area contributed by atoms with Gasteiger partial charge in [-0.3, -0.25) is 9.78 Å². The molecule has 0 aliphatic rings. The zero-order valence-electron chi connectivity index (χ0n) is 9.91. The highest BCUT2D eigenvalue weighted by atomic mass is 15.3. The lowest BCUT2D eigenvalue weighted by Crippen LogP contribution is -2.02. The molecule has 0 amide bonds. The van der Waals surface area contributed by atoms with Crippen LogP contribution in [-0.2, 0) is 20.0 Å². The molecule has 5 nitrogen and oxygen atoms in total.